The van der Waals surface area contributed by atoms with Gasteiger partial charge in [-0.05, 0) is 13.8 Å². The molecule has 0 aliphatic carbocycles. The maximum Gasteiger partial charge on any atom is 0.217 e. The third kappa shape index (κ3) is 18.4. The summed E-state index contributed by atoms with van der Waals surface area (Å²) >= 11 is 0. The maximum atomic E-state index is 13.3. The Kier molecular flexibility index (Phi) is 30.0. The van der Waals surface area contributed by atoms with E-state index >= 15 is 0 Å². The Morgan fingerprint density at radius 2 is 0.567 bits per heavy atom. The molecular weight excluding hydrogens is 1430 g/mol. The van der Waals surface area contributed by atoms with Gasteiger partial charge in [-0.1, -0.05) is 0 Å². The van der Waals surface area contributed by atoms with E-state index in [1.54, 1.807) is 0 Å². The number of aliphatic hydroxyl groups is 25. The summed E-state index contributed by atoms with van der Waals surface area (Å²) in [6.45, 7) is -2.63. The Bertz CT molecular complexity index is 2670. The van der Waals surface area contributed by atoms with Crippen LogP contribution in [0.25, 0.3) is 0 Å². The lowest BCUT2D eigenvalue weighted by atomic mass is 9.93. The summed E-state index contributed by atoms with van der Waals surface area (Å²) in [5.41, 5.74) is 0. The summed E-state index contributed by atoms with van der Waals surface area (Å²) < 4.78 is 99.7. The molecule has 45 atom stereocenters. The van der Waals surface area contributed by atoms with Gasteiger partial charge in [-0.2, -0.15) is 0 Å². The van der Waals surface area contributed by atoms with Crippen molar-refractivity contribution >= 4 is 11.8 Å². The van der Waals surface area contributed by atoms with Crippen molar-refractivity contribution in [3.8, 4) is 0 Å². The average molecular weight is 1530 g/mol. The minimum absolute atomic E-state index is 0.871. The van der Waals surface area contributed by atoms with Crippen LogP contribution in [0, 0.1) is 0 Å². The maximum absolute atomic E-state index is 13.3. The molecule has 604 valence electrons. The zero-order chi connectivity index (χ0) is 76.5. The van der Waals surface area contributed by atoms with Gasteiger partial charge < -0.3 is 219 Å². The van der Waals surface area contributed by atoms with Crippen LogP contribution < -0.4 is 10.6 Å². The standard InChI is InChI=1S/C58H98N2O44/c1-12-25(67)33(75)38(80)52(91-12)90-11-22-46(47(24(50(87)93-22)60-15(4)66)102-55-40(82)34(76)26(68)13(2)92-55)101-51-23(59-14(3)65)32(74)45(19(8-64)97-51)100-58-44(86)49(104-57-42(84)37(79)29(71)18(7-63)96-57)31(73)21(99-58)10-89-54-43(85)48(103-56-41(83)36(78)28(70)17(6-62)95-56)30(72)20(98-54)9-88-53-39(81)35(77)27(69)16(5-61)94-53/h12-13,16-58,61-64,67-87H,5-11H2,1-4H3,(H,59,65)(H,60,66)/t12-,13-,16+,17+,18+,19+,20+,21+,22+,23+,24+,25+,26+,27+,28+,29+,30+,31+,32+,33+,34+,35-,36-,37-,38-,39-,40-,41-,42-,43-,44-,45+,46+,47+,48-,49-,50?,51-,52+,53-,54-,55-,56+,57+,58-/m0/s1. The highest BCUT2D eigenvalue weighted by Gasteiger charge is 2.60. The quantitative estimate of drug-likeness (QED) is 0.0404. The Hall–Kier alpha value is -2.74. The summed E-state index contributed by atoms with van der Waals surface area (Å²) in [7, 11) is 0. The molecule has 0 bridgehead atoms. The summed E-state index contributed by atoms with van der Waals surface area (Å²) in [6, 6.07) is -3.82. The molecule has 0 radical (unpaired) electrons. The predicted molar refractivity (Wildman–Crippen MR) is 317 cm³/mol. The van der Waals surface area contributed by atoms with Crippen LogP contribution in [-0.4, -0.2) is 462 Å². The van der Waals surface area contributed by atoms with Crippen LogP contribution in [0.3, 0.4) is 0 Å². The summed E-state index contributed by atoms with van der Waals surface area (Å²) in [5.74, 6) is -1.85. The number of aliphatic hydroxyl groups excluding tert-OH is 25. The van der Waals surface area contributed by atoms with E-state index in [-0.39, 0.29) is 0 Å². The van der Waals surface area contributed by atoms with E-state index in [1.807, 2.05) is 0 Å². The van der Waals surface area contributed by atoms with Crippen molar-refractivity contribution in [2.75, 3.05) is 46.2 Å². The number of amides is 2. The number of hydrogen-bond donors (Lipinski definition) is 27. The average Bonchev–Trinajstić information content (AvgIpc) is 0.761. The van der Waals surface area contributed by atoms with Crippen molar-refractivity contribution in [2.45, 2.75) is 304 Å². The second-order valence-electron chi connectivity index (χ2n) is 26.7. The Morgan fingerprint density at radius 3 is 1.01 bits per heavy atom. The van der Waals surface area contributed by atoms with E-state index < -0.39 is 334 Å². The molecule has 9 aliphatic rings. The number of carbonyl (C=O) groups is 2. The van der Waals surface area contributed by atoms with Crippen LogP contribution in [0.5, 0.6) is 0 Å². The van der Waals surface area contributed by atoms with E-state index in [0.29, 0.717) is 0 Å². The molecule has 0 aromatic heterocycles. The molecule has 9 heterocycles. The minimum atomic E-state index is -2.45. The fourth-order valence-corrected chi connectivity index (χ4v) is 13.3. The van der Waals surface area contributed by atoms with Gasteiger partial charge in [0, 0.05) is 13.8 Å². The molecular formula is C58H98N2O44. The van der Waals surface area contributed by atoms with Gasteiger partial charge in [0.2, 0.25) is 11.8 Å². The van der Waals surface area contributed by atoms with Crippen molar-refractivity contribution < 1.29 is 218 Å². The van der Waals surface area contributed by atoms with Gasteiger partial charge >= 0.3 is 0 Å². The second-order valence-corrected chi connectivity index (χ2v) is 26.7. The van der Waals surface area contributed by atoms with Crippen LogP contribution in [0.15, 0.2) is 0 Å². The highest BCUT2D eigenvalue weighted by molar-refractivity contribution is 5.73. The molecule has 27 N–H and O–H groups in total. The van der Waals surface area contributed by atoms with Gasteiger partial charge in [-0.15, -0.1) is 0 Å². The largest absolute Gasteiger partial charge is 0.394 e. The molecule has 9 rings (SSSR count). The Balaban J connectivity index is 1.03. The van der Waals surface area contributed by atoms with Crippen molar-refractivity contribution in [3.05, 3.63) is 0 Å². The summed E-state index contributed by atoms with van der Waals surface area (Å²) in [4.78, 5) is 26.1. The van der Waals surface area contributed by atoms with Crippen molar-refractivity contribution in [2.24, 2.45) is 0 Å². The summed E-state index contributed by atoms with van der Waals surface area (Å²) in [5, 5.41) is 279. The minimum Gasteiger partial charge on any atom is -0.394 e. The lowest BCUT2D eigenvalue weighted by Gasteiger charge is -2.51. The van der Waals surface area contributed by atoms with E-state index in [0.717, 1.165) is 13.8 Å². The van der Waals surface area contributed by atoms with Gasteiger partial charge in [0.25, 0.3) is 0 Å². The van der Waals surface area contributed by atoms with E-state index in [4.69, 9.17) is 80.5 Å². The smallest absolute Gasteiger partial charge is 0.217 e. The molecule has 1 unspecified atom stereocenters. The fraction of sp³-hybridized carbons (Fsp3) is 0.966. The van der Waals surface area contributed by atoms with Crippen LogP contribution in [0.1, 0.15) is 27.7 Å². The zero-order valence-corrected chi connectivity index (χ0v) is 55.9. The van der Waals surface area contributed by atoms with E-state index in [2.05, 4.69) is 10.6 Å². The molecule has 9 fully saturated rings. The molecule has 0 saturated carbocycles. The number of nitrogens with one attached hydrogen (secondary N) is 2. The third-order valence-corrected chi connectivity index (χ3v) is 19.4. The van der Waals surface area contributed by atoms with Crippen LogP contribution in [0.4, 0.5) is 0 Å². The first kappa shape index (κ1) is 85.3. The Labute approximate surface area is 589 Å². The molecule has 0 aromatic carbocycles. The molecule has 2 amide bonds. The first-order valence-corrected chi connectivity index (χ1v) is 33.4. The van der Waals surface area contributed by atoms with Gasteiger partial charge in [-0.3, -0.25) is 9.59 Å². The molecule has 0 spiro atoms. The monoisotopic (exact) mass is 1530 g/mol. The van der Waals surface area contributed by atoms with Crippen molar-refractivity contribution in [3.63, 3.8) is 0 Å². The number of hydrogen-bond acceptors (Lipinski definition) is 44. The van der Waals surface area contributed by atoms with Crippen LogP contribution in [0.2, 0.25) is 0 Å². The van der Waals surface area contributed by atoms with Crippen LogP contribution in [-0.2, 0) is 90.1 Å². The van der Waals surface area contributed by atoms with Crippen molar-refractivity contribution in [1.82, 2.24) is 10.6 Å². The fourth-order valence-electron chi connectivity index (χ4n) is 13.3. The van der Waals surface area contributed by atoms with Gasteiger partial charge in [0.1, 0.15) is 207 Å². The summed E-state index contributed by atoms with van der Waals surface area (Å²) in [6.07, 6.45) is -85.7. The topological polar surface area (TPSA) is 721 Å². The predicted octanol–water partition coefficient (Wildman–Crippen LogP) is -18.3. The lowest BCUT2D eigenvalue weighted by Crippen LogP contribution is -2.71. The first-order chi connectivity index (χ1) is 49.1. The SMILES string of the molecule is CC(=O)N[C@H]1[C@H](O[C@H]2[C@H](O[C@@H]3O[C@@H](C)[C@@H](O)[C@@H](O)[C@@H]3O)[C@@H](NC(C)=O)C(O)O[C@@H]2CO[C@@H]2O[C@@H](C)[C@@H](O)[C@@H](O)[C@@H]2O)O[C@H](CO)[C@@H](O[C@@H]2O[C@H](CO[C@H]3O[C@H](CO[C@H]4O[C@H](CO)[C@@H](O)[C@H](O)[C@@H]4O)[C@@H](O)[C@H](O[C@H]4O[C@H](CO)[C@@H](O)[C@H](O)[C@@H]4O)[C@@H]3O)[C@@H](O)[C@H](O[C@H]3O[C@H](CO)[C@@H](O)[C@H](O)[C@@H]3O)[C@@H]2O)[C@@H]1O. The van der Waals surface area contributed by atoms with Crippen molar-refractivity contribution in [1.29, 1.82) is 0 Å². The number of rotatable bonds is 25. The number of carbonyl (C=O) groups excluding carboxylic acids is 2. The first-order valence-electron chi connectivity index (χ1n) is 33.4. The molecule has 9 saturated heterocycles. The van der Waals surface area contributed by atoms with Crippen LogP contribution >= 0.6 is 0 Å². The zero-order valence-electron chi connectivity index (χ0n) is 55.9. The van der Waals surface area contributed by atoms with E-state index in [9.17, 15) is 137 Å². The molecule has 46 nitrogen and oxygen atoms in total. The highest BCUT2D eigenvalue weighted by Crippen LogP contribution is 2.39. The lowest BCUT2D eigenvalue weighted by molar-refractivity contribution is -0.390. The Morgan fingerprint density at radius 1 is 0.269 bits per heavy atom. The van der Waals surface area contributed by atoms with E-state index in [1.165, 1.54) is 13.8 Å². The molecule has 46 heteroatoms. The van der Waals surface area contributed by atoms with Gasteiger partial charge in [0.05, 0.1) is 58.5 Å². The van der Waals surface area contributed by atoms with Gasteiger partial charge in [-0.25, -0.2) is 0 Å². The molecule has 104 heavy (non-hydrogen) atoms. The normalized spacial score (nSPS) is 51.9. The highest BCUT2D eigenvalue weighted by atomic mass is 16.8. The second kappa shape index (κ2) is 36.6. The molecule has 0 aromatic rings. The number of ether oxygens (including phenoxy) is 17. The molecule has 9 aliphatic heterocycles. The van der Waals surface area contributed by atoms with Gasteiger partial charge in [0.15, 0.2) is 56.6 Å². The third-order valence-electron chi connectivity index (χ3n) is 19.4.